The molecule has 1 heterocycles. The van der Waals surface area contributed by atoms with Crippen LogP contribution in [0.25, 0.3) is 0 Å². The van der Waals surface area contributed by atoms with Gasteiger partial charge in [0.1, 0.15) is 5.66 Å². The maximum absolute atomic E-state index is 4.88. The van der Waals surface area contributed by atoms with Gasteiger partial charge in [-0.05, 0) is 24.6 Å². The highest BCUT2D eigenvalue weighted by Crippen LogP contribution is 2.26. The van der Waals surface area contributed by atoms with E-state index in [1.54, 1.807) is 0 Å². The van der Waals surface area contributed by atoms with Gasteiger partial charge in [-0.25, -0.2) is 10.9 Å². The fourth-order valence-electron chi connectivity index (χ4n) is 0.801. The van der Waals surface area contributed by atoms with Gasteiger partial charge in [0.2, 0.25) is 0 Å². The summed E-state index contributed by atoms with van der Waals surface area (Å²) in [6, 6.07) is 0. The summed E-state index contributed by atoms with van der Waals surface area (Å²) in [6.07, 6.45) is 0. The molecule has 1 aliphatic heterocycles. The molecule has 0 aliphatic carbocycles. The first-order valence-corrected chi connectivity index (χ1v) is 4.36. The van der Waals surface area contributed by atoms with E-state index < -0.39 is 0 Å². The SMILES string of the molecule is CC(C)(C)C1(C)NNC(=S)NN1. The van der Waals surface area contributed by atoms with Gasteiger partial charge in [-0.15, -0.1) is 0 Å². The Morgan fingerprint density at radius 3 is 1.92 bits per heavy atom. The van der Waals surface area contributed by atoms with Crippen LogP contribution in [0.2, 0.25) is 0 Å². The Morgan fingerprint density at radius 2 is 1.58 bits per heavy atom. The summed E-state index contributed by atoms with van der Waals surface area (Å²) in [7, 11) is 0. The van der Waals surface area contributed by atoms with Gasteiger partial charge in [0, 0.05) is 0 Å². The van der Waals surface area contributed by atoms with Crippen molar-refractivity contribution < 1.29 is 0 Å². The molecule has 4 N–H and O–H groups in total. The van der Waals surface area contributed by atoms with E-state index in [1.165, 1.54) is 0 Å². The van der Waals surface area contributed by atoms with Gasteiger partial charge in [-0.1, -0.05) is 20.8 Å². The van der Waals surface area contributed by atoms with E-state index in [4.69, 9.17) is 12.2 Å². The second-order valence-corrected chi connectivity index (χ2v) is 4.61. The third kappa shape index (κ3) is 1.68. The number of hydrogen-bond donors (Lipinski definition) is 4. The normalized spacial score (nSPS) is 22.8. The van der Waals surface area contributed by atoms with Crippen molar-refractivity contribution in [1.82, 2.24) is 21.7 Å². The smallest absolute Gasteiger partial charge is 0.195 e. The van der Waals surface area contributed by atoms with Gasteiger partial charge >= 0.3 is 0 Å². The van der Waals surface area contributed by atoms with E-state index in [-0.39, 0.29) is 11.1 Å². The number of thiocarbonyl (C=S) groups is 1. The third-order valence-corrected chi connectivity index (χ3v) is 2.56. The number of hydrogen-bond acceptors (Lipinski definition) is 3. The highest BCUT2D eigenvalue weighted by atomic mass is 32.1. The Balaban J connectivity index is 2.68. The summed E-state index contributed by atoms with van der Waals surface area (Å²) in [4.78, 5) is 0. The van der Waals surface area contributed by atoms with Crippen LogP contribution in [0, 0.1) is 5.41 Å². The molecule has 0 unspecified atom stereocenters. The van der Waals surface area contributed by atoms with Gasteiger partial charge in [0.25, 0.3) is 0 Å². The Hall–Kier alpha value is -0.390. The van der Waals surface area contributed by atoms with Gasteiger partial charge in [-0.2, -0.15) is 0 Å². The molecular weight excluding hydrogens is 172 g/mol. The van der Waals surface area contributed by atoms with Crippen LogP contribution in [0.15, 0.2) is 0 Å². The van der Waals surface area contributed by atoms with Crippen molar-refractivity contribution in [3.63, 3.8) is 0 Å². The summed E-state index contributed by atoms with van der Waals surface area (Å²) >= 11 is 4.88. The summed E-state index contributed by atoms with van der Waals surface area (Å²) < 4.78 is 0. The topological polar surface area (TPSA) is 48.1 Å². The van der Waals surface area contributed by atoms with Gasteiger partial charge < -0.3 is 0 Å². The maximum atomic E-state index is 4.88. The van der Waals surface area contributed by atoms with Crippen LogP contribution < -0.4 is 21.7 Å². The van der Waals surface area contributed by atoms with E-state index in [9.17, 15) is 0 Å². The second kappa shape index (κ2) is 2.83. The number of hydrazine groups is 2. The van der Waals surface area contributed by atoms with Gasteiger partial charge in [0.15, 0.2) is 5.11 Å². The molecule has 0 radical (unpaired) electrons. The fourth-order valence-corrected chi connectivity index (χ4v) is 0.903. The van der Waals surface area contributed by atoms with Crippen molar-refractivity contribution in [3.8, 4) is 0 Å². The lowest BCUT2D eigenvalue weighted by molar-refractivity contribution is 0.0832. The standard InChI is InChI=1S/C7H16N4S/c1-6(2,3)7(4)10-8-5(12)9-11-7/h10-11H,1-4H3,(H2,8,9,12). The predicted octanol–water partition coefficient (Wildman–Crippen LogP) is 0.236. The van der Waals surface area contributed by atoms with Crippen LogP contribution in [-0.2, 0) is 0 Å². The Bertz CT molecular complexity index is 186. The van der Waals surface area contributed by atoms with Crippen LogP contribution in [0.5, 0.6) is 0 Å². The molecule has 5 heteroatoms. The fraction of sp³-hybridized carbons (Fsp3) is 0.857. The maximum Gasteiger partial charge on any atom is 0.195 e. The molecular formula is C7H16N4S. The molecule has 1 rings (SSSR count). The Morgan fingerprint density at radius 1 is 1.17 bits per heavy atom. The molecule has 0 bridgehead atoms. The van der Waals surface area contributed by atoms with E-state index in [0.717, 1.165) is 0 Å². The zero-order valence-corrected chi connectivity index (χ0v) is 8.72. The molecule has 1 fully saturated rings. The van der Waals surface area contributed by atoms with E-state index in [1.807, 2.05) is 0 Å². The van der Waals surface area contributed by atoms with Gasteiger partial charge in [-0.3, -0.25) is 10.9 Å². The molecule has 0 aromatic rings. The minimum absolute atomic E-state index is 0.0863. The minimum Gasteiger partial charge on any atom is -0.295 e. The lowest BCUT2D eigenvalue weighted by Gasteiger charge is -2.46. The lowest BCUT2D eigenvalue weighted by Crippen LogP contribution is -2.76. The van der Waals surface area contributed by atoms with E-state index in [0.29, 0.717) is 5.11 Å². The largest absolute Gasteiger partial charge is 0.295 e. The molecule has 70 valence electrons. The van der Waals surface area contributed by atoms with Crippen molar-refractivity contribution in [2.24, 2.45) is 5.41 Å². The number of rotatable bonds is 0. The lowest BCUT2D eigenvalue weighted by atomic mass is 9.82. The van der Waals surface area contributed by atoms with Crippen molar-refractivity contribution in [2.75, 3.05) is 0 Å². The van der Waals surface area contributed by atoms with Crippen molar-refractivity contribution in [2.45, 2.75) is 33.4 Å². The molecule has 0 aromatic heterocycles. The minimum atomic E-state index is -0.213. The summed E-state index contributed by atoms with van der Waals surface area (Å²) in [5, 5.41) is 0.566. The molecule has 1 aliphatic rings. The highest BCUT2D eigenvalue weighted by molar-refractivity contribution is 7.80. The molecule has 4 nitrogen and oxygen atoms in total. The van der Waals surface area contributed by atoms with Crippen molar-refractivity contribution in [3.05, 3.63) is 0 Å². The average molecular weight is 188 g/mol. The van der Waals surface area contributed by atoms with Crippen molar-refractivity contribution >= 4 is 17.3 Å². The molecule has 0 amide bonds. The zero-order valence-electron chi connectivity index (χ0n) is 7.91. The molecule has 0 aromatic carbocycles. The number of nitrogens with one attached hydrogen (secondary N) is 4. The molecule has 1 saturated heterocycles. The quantitative estimate of drug-likeness (QED) is 0.410. The summed E-state index contributed by atoms with van der Waals surface area (Å²) in [5.74, 6) is 0. The Labute approximate surface area is 78.4 Å². The van der Waals surface area contributed by atoms with Crippen LogP contribution in [-0.4, -0.2) is 10.8 Å². The first-order chi connectivity index (χ1) is 5.35. The molecule has 0 spiro atoms. The van der Waals surface area contributed by atoms with Crippen LogP contribution >= 0.6 is 12.2 Å². The third-order valence-electron chi connectivity index (χ3n) is 2.35. The zero-order chi connectivity index (χ0) is 9.41. The monoisotopic (exact) mass is 188 g/mol. The highest BCUT2D eigenvalue weighted by Gasteiger charge is 2.39. The van der Waals surface area contributed by atoms with Crippen molar-refractivity contribution in [1.29, 1.82) is 0 Å². The van der Waals surface area contributed by atoms with Crippen LogP contribution in [0.4, 0.5) is 0 Å². The molecule has 0 atom stereocenters. The van der Waals surface area contributed by atoms with Gasteiger partial charge in [0.05, 0.1) is 0 Å². The second-order valence-electron chi connectivity index (χ2n) is 4.20. The summed E-state index contributed by atoms with van der Waals surface area (Å²) in [5.41, 5.74) is 11.9. The first kappa shape index (κ1) is 9.70. The predicted molar refractivity (Wildman–Crippen MR) is 53.0 cm³/mol. The van der Waals surface area contributed by atoms with E-state index >= 15 is 0 Å². The summed E-state index contributed by atoms with van der Waals surface area (Å²) in [6.45, 7) is 8.49. The molecule has 12 heavy (non-hydrogen) atoms. The molecule has 0 saturated carbocycles. The van der Waals surface area contributed by atoms with Crippen LogP contribution in [0.1, 0.15) is 27.7 Å². The first-order valence-electron chi connectivity index (χ1n) is 3.95. The Kier molecular flexibility index (Phi) is 2.29. The van der Waals surface area contributed by atoms with E-state index in [2.05, 4.69) is 49.4 Å². The van der Waals surface area contributed by atoms with Crippen LogP contribution in [0.3, 0.4) is 0 Å². The average Bonchev–Trinajstić information content (AvgIpc) is 1.93.